The van der Waals surface area contributed by atoms with Crippen LogP contribution in [-0.2, 0) is 4.79 Å². The molecule has 14 heavy (non-hydrogen) atoms. The number of carbonyl (C=O) groups excluding carboxylic acids is 1. The van der Waals surface area contributed by atoms with Crippen molar-refractivity contribution >= 4 is 5.78 Å². The van der Waals surface area contributed by atoms with Gasteiger partial charge >= 0.3 is 0 Å². The lowest BCUT2D eigenvalue weighted by Gasteiger charge is -2.42. The number of unbranched alkanes of at least 4 members (excludes halogenated alkanes) is 1. The van der Waals surface area contributed by atoms with Crippen LogP contribution in [0.2, 0.25) is 0 Å². The van der Waals surface area contributed by atoms with Crippen LogP contribution in [0.4, 0.5) is 0 Å². The lowest BCUT2D eigenvalue weighted by atomic mass is 9.62. The second kappa shape index (κ2) is 4.04. The van der Waals surface area contributed by atoms with Crippen LogP contribution in [0, 0.1) is 10.8 Å². The van der Waals surface area contributed by atoms with Crippen molar-refractivity contribution in [2.75, 3.05) is 0 Å². The summed E-state index contributed by atoms with van der Waals surface area (Å²) in [5.74, 6) is 0.472. The largest absolute Gasteiger partial charge is 0.300 e. The predicted octanol–water partition coefficient (Wildman–Crippen LogP) is 3.96. The Morgan fingerprint density at radius 2 is 1.86 bits per heavy atom. The first kappa shape index (κ1) is 11.7. The van der Waals surface area contributed by atoms with Crippen molar-refractivity contribution in [3.63, 3.8) is 0 Å². The van der Waals surface area contributed by atoms with Crippen LogP contribution in [0.3, 0.4) is 0 Å². The fourth-order valence-electron chi connectivity index (χ4n) is 3.13. The first-order chi connectivity index (χ1) is 6.37. The van der Waals surface area contributed by atoms with Crippen LogP contribution in [0.15, 0.2) is 0 Å². The van der Waals surface area contributed by atoms with Gasteiger partial charge in [0.25, 0.3) is 0 Å². The lowest BCUT2D eigenvalue weighted by molar-refractivity contribution is -0.127. The maximum Gasteiger partial charge on any atom is 0.133 e. The van der Waals surface area contributed by atoms with Gasteiger partial charge in [-0.05, 0) is 23.7 Å². The van der Waals surface area contributed by atoms with E-state index in [1.54, 1.807) is 0 Å². The third-order valence-electron chi connectivity index (χ3n) is 3.34. The molecule has 1 fully saturated rings. The van der Waals surface area contributed by atoms with Gasteiger partial charge in [0.15, 0.2) is 0 Å². The maximum atomic E-state index is 11.7. The van der Waals surface area contributed by atoms with Crippen LogP contribution in [0.1, 0.15) is 66.2 Å². The van der Waals surface area contributed by atoms with Gasteiger partial charge in [0, 0.05) is 12.8 Å². The van der Waals surface area contributed by atoms with E-state index < -0.39 is 0 Å². The summed E-state index contributed by atoms with van der Waals surface area (Å²) >= 11 is 0. The summed E-state index contributed by atoms with van der Waals surface area (Å²) in [7, 11) is 0. The maximum absolute atomic E-state index is 11.7. The van der Waals surface area contributed by atoms with Crippen molar-refractivity contribution in [3.05, 3.63) is 0 Å². The average Bonchev–Trinajstić information content (AvgIpc) is 1.96. The summed E-state index contributed by atoms with van der Waals surface area (Å²) in [5, 5.41) is 0. The highest BCUT2D eigenvalue weighted by molar-refractivity contribution is 5.80. The molecule has 82 valence electrons. The fraction of sp³-hybridized carbons (Fsp3) is 0.923. The third kappa shape index (κ3) is 3.11. The highest BCUT2D eigenvalue weighted by Gasteiger charge is 2.39. The van der Waals surface area contributed by atoms with Gasteiger partial charge < -0.3 is 0 Å². The van der Waals surface area contributed by atoms with Crippen molar-refractivity contribution in [2.24, 2.45) is 10.8 Å². The highest BCUT2D eigenvalue weighted by Crippen LogP contribution is 2.46. The van der Waals surface area contributed by atoms with Crippen LogP contribution < -0.4 is 0 Å². The summed E-state index contributed by atoms with van der Waals surface area (Å²) in [5.41, 5.74) is 0.521. The van der Waals surface area contributed by atoms with Crippen molar-refractivity contribution in [3.8, 4) is 0 Å². The van der Waals surface area contributed by atoms with E-state index in [0.717, 1.165) is 12.8 Å². The molecule has 1 rings (SSSR count). The van der Waals surface area contributed by atoms with Gasteiger partial charge in [0.1, 0.15) is 5.78 Å². The Morgan fingerprint density at radius 3 is 2.36 bits per heavy atom. The molecule has 1 saturated carbocycles. The van der Waals surface area contributed by atoms with E-state index in [0.29, 0.717) is 5.78 Å². The molecule has 0 aromatic heterocycles. The molecular weight excluding hydrogens is 172 g/mol. The zero-order valence-corrected chi connectivity index (χ0v) is 10.2. The SMILES string of the molecule is CCCCC1(C)CC(=O)CC(C)(C)C1. The molecule has 1 unspecified atom stereocenters. The van der Waals surface area contributed by atoms with Gasteiger partial charge in [0.05, 0.1) is 0 Å². The molecule has 1 aliphatic carbocycles. The Kier molecular flexibility index (Phi) is 3.39. The molecule has 0 aliphatic heterocycles. The minimum absolute atomic E-state index is 0.234. The van der Waals surface area contributed by atoms with Gasteiger partial charge in [-0.2, -0.15) is 0 Å². The number of rotatable bonds is 3. The van der Waals surface area contributed by atoms with E-state index in [1.807, 2.05) is 0 Å². The van der Waals surface area contributed by atoms with E-state index in [4.69, 9.17) is 0 Å². The Labute approximate surface area is 88.3 Å². The van der Waals surface area contributed by atoms with Crippen LogP contribution >= 0.6 is 0 Å². The van der Waals surface area contributed by atoms with Crippen LogP contribution in [0.25, 0.3) is 0 Å². The normalized spacial score (nSPS) is 31.9. The molecule has 0 heterocycles. The number of hydrogen-bond donors (Lipinski definition) is 0. The Balaban J connectivity index is 2.64. The molecule has 0 bridgehead atoms. The Bertz CT molecular complexity index is 217. The van der Waals surface area contributed by atoms with E-state index in [2.05, 4.69) is 27.7 Å². The highest BCUT2D eigenvalue weighted by atomic mass is 16.1. The second-order valence-corrected chi connectivity index (χ2v) is 6.15. The van der Waals surface area contributed by atoms with E-state index in [9.17, 15) is 4.79 Å². The second-order valence-electron chi connectivity index (χ2n) is 6.15. The number of carbonyl (C=O) groups is 1. The molecule has 1 atom stereocenters. The van der Waals surface area contributed by atoms with Gasteiger partial charge in [0.2, 0.25) is 0 Å². The zero-order chi connectivity index (χ0) is 10.8. The monoisotopic (exact) mass is 196 g/mol. The molecule has 0 aromatic rings. The third-order valence-corrected chi connectivity index (χ3v) is 3.34. The van der Waals surface area contributed by atoms with Crippen molar-refractivity contribution in [1.82, 2.24) is 0 Å². The first-order valence-corrected chi connectivity index (χ1v) is 5.89. The van der Waals surface area contributed by atoms with Gasteiger partial charge in [-0.3, -0.25) is 4.79 Å². The Hall–Kier alpha value is -0.330. The molecule has 1 aliphatic rings. The molecule has 1 nitrogen and oxygen atoms in total. The standard InChI is InChI=1S/C13H24O/c1-5-6-7-13(4)9-11(14)8-12(2,3)10-13/h5-10H2,1-4H3. The van der Waals surface area contributed by atoms with Crippen molar-refractivity contribution in [1.29, 1.82) is 0 Å². The minimum Gasteiger partial charge on any atom is -0.300 e. The summed E-state index contributed by atoms with van der Waals surface area (Å²) < 4.78 is 0. The van der Waals surface area contributed by atoms with Gasteiger partial charge in [-0.15, -0.1) is 0 Å². The first-order valence-electron chi connectivity index (χ1n) is 5.89. The molecule has 0 aromatic carbocycles. The number of ketones is 1. The zero-order valence-electron chi connectivity index (χ0n) is 10.2. The number of hydrogen-bond acceptors (Lipinski definition) is 1. The smallest absolute Gasteiger partial charge is 0.133 e. The van der Waals surface area contributed by atoms with Gasteiger partial charge in [-0.1, -0.05) is 40.5 Å². The summed E-state index contributed by atoms with van der Waals surface area (Å²) in [4.78, 5) is 11.7. The molecule has 0 N–H and O–H groups in total. The summed E-state index contributed by atoms with van der Waals surface area (Å²) in [6.07, 6.45) is 6.54. The molecule has 0 radical (unpaired) electrons. The summed E-state index contributed by atoms with van der Waals surface area (Å²) in [6.45, 7) is 8.98. The quantitative estimate of drug-likeness (QED) is 0.667. The lowest BCUT2D eigenvalue weighted by Crippen LogP contribution is -2.35. The van der Waals surface area contributed by atoms with E-state index >= 15 is 0 Å². The fourth-order valence-corrected chi connectivity index (χ4v) is 3.13. The molecule has 0 saturated heterocycles. The topological polar surface area (TPSA) is 17.1 Å². The minimum atomic E-state index is 0.234. The molecule has 0 spiro atoms. The average molecular weight is 196 g/mol. The number of Topliss-reactive ketones (excluding diaryl/α,β-unsaturated/α-hetero) is 1. The van der Waals surface area contributed by atoms with E-state index in [-0.39, 0.29) is 10.8 Å². The van der Waals surface area contributed by atoms with Crippen molar-refractivity contribution < 1.29 is 4.79 Å². The van der Waals surface area contributed by atoms with Crippen molar-refractivity contribution in [2.45, 2.75) is 66.2 Å². The van der Waals surface area contributed by atoms with Gasteiger partial charge in [-0.25, -0.2) is 0 Å². The molecular formula is C13H24O. The molecule has 0 amide bonds. The Morgan fingerprint density at radius 1 is 1.21 bits per heavy atom. The van der Waals surface area contributed by atoms with Crippen LogP contribution in [-0.4, -0.2) is 5.78 Å². The predicted molar refractivity (Wildman–Crippen MR) is 60.3 cm³/mol. The molecule has 1 heteroatoms. The van der Waals surface area contributed by atoms with Crippen LogP contribution in [0.5, 0.6) is 0 Å². The van der Waals surface area contributed by atoms with E-state index in [1.165, 1.54) is 25.7 Å². The summed E-state index contributed by atoms with van der Waals surface area (Å²) in [6, 6.07) is 0.